The monoisotopic (exact) mass is 414 g/mol. The number of carbonyl (C=O) groups excluding carboxylic acids is 1. The Hall–Kier alpha value is -3.71. The number of pyridine rings is 1. The maximum atomic E-state index is 12.7. The molecule has 0 aliphatic carbocycles. The number of thiophene rings is 1. The van der Waals surface area contributed by atoms with Gasteiger partial charge in [-0.15, -0.1) is 11.3 Å². The molecule has 1 N–H and O–H groups in total. The van der Waals surface area contributed by atoms with Gasteiger partial charge in [0.2, 0.25) is 0 Å². The second kappa shape index (κ2) is 7.61. The van der Waals surface area contributed by atoms with Crippen molar-refractivity contribution in [2.24, 2.45) is 0 Å². The molecule has 2 aromatic carbocycles. The molecule has 5 aromatic rings. The summed E-state index contributed by atoms with van der Waals surface area (Å²) in [6.45, 7) is 0.556. The number of amides is 1. The first-order valence-corrected chi connectivity index (χ1v) is 10.3. The fraction of sp³-hybridized carbons (Fsp3) is 0.0870. The zero-order valence-corrected chi connectivity index (χ0v) is 17.0. The van der Waals surface area contributed by atoms with Gasteiger partial charge >= 0.3 is 0 Å². The third-order valence-corrected chi connectivity index (χ3v) is 5.74. The fourth-order valence-corrected chi connectivity index (χ4v) is 4.02. The Labute approximate surface area is 176 Å². The summed E-state index contributed by atoms with van der Waals surface area (Å²) in [6, 6.07) is 21.5. The summed E-state index contributed by atoms with van der Waals surface area (Å²) in [7, 11) is 1.64. The van der Waals surface area contributed by atoms with Crippen LogP contribution >= 0.6 is 11.3 Å². The van der Waals surface area contributed by atoms with Gasteiger partial charge in [0.15, 0.2) is 11.5 Å². The molecule has 0 saturated heterocycles. The molecule has 30 heavy (non-hydrogen) atoms. The van der Waals surface area contributed by atoms with Gasteiger partial charge in [-0.3, -0.25) is 4.79 Å². The number of ether oxygens (including phenoxy) is 1. The summed E-state index contributed by atoms with van der Waals surface area (Å²) in [4.78, 5) is 18.1. The number of benzene rings is 2. The number of methoxy groups -OCH3 is 1. The Morgan fingerprint density at radius 2 is 1.97 bits per heavy atom. The van der Waals surface area contributed by atoms with Crippen LogP contribution in [0, 0.1) is 0 Å². The number of aromatic nitrogens is 3. The number of nitrogens with zero attached hydrogens (tertiary/aromatic N) is 3. The third-order valence-electron chi connectivity index (χ3n) is 4.87. The normalized spacial score (nSPS) is 11.1. The van der Waals surface area contributed by atoms with Gasteiger partial charge in [-0.25, -0.2) is 9.67 Å². The van der Waals surface area contributed by atoms with E-state index in [1.807, 2.05) is 70.7 Å². The van der Waals surface area contributed by atoms with Crippen LogP contribution in [0.25, 0.3) is 21.9 Å². The van der Waals surface area contributed by atoms with E-state index in [9.17, 15) is 4.79 Å². The maximum Gasteiger partial charge on any atom is 0.266 e. The van der Waals surface area contributed by atoms with E-state index in [2.05, 4.69) is 5.32 Å². The summed E-state index contributed by atoms with van der Waals surface area (Å²) in [5.41, 5.74) is 2.67. The van der Waals surface area contributed by atoms with Crippen molar-refractivity contribution in [2.45, 2.75) is 6.54 Å². The van der Waals surface area contributed by atoms with Gasteiger partial charge in [0.1, 0.15) is 5.75 Å². The van der Waals surface area contributed by atoms with Crippen LogP contribution in [0.2, 0.25) is 0 Å². The van der Waals surface area contributed by atoms with E-state index in [-0.39, 0.29) is 5.91 Å². The molecule has 0 unspecified atom stereocenters. The van der Waals surface area contributed by atoms with Crippen molar-refractivity contribution in [3.05, 3.63) is 82.6 Å². The highest BCUT2D eigenvalue weighted by Gasteiger charge is 2.17. The predicted octanol–water partition coefficient (Wildman–Crippen LogP) is 4.96. The molecule has 0 saturated carbocycles. The highest BCUT2D eigenvalue weighted by Crippen LogP contribution is 2.29. The highest BCUT2D eigenvalue weighted by molar-refractivity contribution is 7.12. The van der Waals surface area contributed by atoms with Crippen molar-refractivity contribution >= 4 is 45.0 Å². The van der Waals surface area contributed by atoms with Crippen LogP contribution in [0.3, 0.4) is 0 Å². The summed E-state index contributed by atoms with van der Waals surface area (Å²) >= 11 is 1.39. The average Bonchev–Trinajstić information content (AvgIpc) is 3.42. The van der Waals surface area contributed by atoms with Crippen LogP contribution in [0.15, 0.2) is 72.1 Å². The Bertz CT molecular complexity index is 1340. The number of carbonyl (C=O) groups is 1. The quantitative estimate of drug-likeness (QED) is 0.442. The van der Waals surface area contributed by atoms with Crippen LogP contribution in [0.4, 0.5) is 5.82 Å². The molecule has 0 spiro atoms. The molecule has 148 valence electrons. The number of fused-ring (bicyclic) bond motifs is 2. The molecule has 0 radical (unpaired) electrons. The van der Waals surface area contributed by atoms with E-state index in [4.69, 9.17) is 14.8 Å². The summed E-state index contributed by atoms with van der Waals surface area (Å²) in [5, 5.41) is 11.2. The van der Waals surface area contributed by atoms with E-state index < -0.39 is 0 Å². The lowest BCUT2D eigenvalue weighted by Gasteiger charge is -2.05. The molecule has 5 rings (SSSR count). The maximum absolute atomic E-state index is 12.7. The van der Waals surface area contributed by atoms with Crippen molar-refractivity contribution in [1.82, 2.24) is 14.8 Å². The van der Waals surface area contributed by atoms with Gasteiger partial charge in [-0.05, 0) is 41.3 Å². The van der Waals surface area contributed by atoms with Crippen LogP contribution in [0.5, 0.6) is 5.75 Å². The van der Waals surface area contributed by atoms with Crippen LogP contribution in [0.1, 0.15) is 15.2 Å². The van der Waals surface area contributed by atoms with Crippen molar-refractivity contribution in [3.63, 3.8) is 0 Å². The van der Waals surface area contributed by atoms with Gasteiger partial charge in [0.05, 0.1) is 29.4 Å². The second-order valence-corrected chi connectivity index (χ2v) is 7.79. The van der Waals surface area contributed by atoms with Crippen LogP contribution in [-0.4, -0.2) is 27.8 Å². The van der Waals surface area contributed by atoms with Gasteiger partial charge < -0.3 is 10.1 Å². The van der Waals surface area contributed by atoms with Crippen molar-refractivity contribution in [3.8, 4) is 5.75 Å². The molecule has 0 aliphatic rings. The van der Waals surface area contributed by atoms with E-state index in [0.29, 0.717) is 17.2 Å². The van der Waals surface area contributed by atoms with Crippen LogP contribution in [-0.2, 0) is 6.54 Å². The molecule has 3 aromatic heterocycles. The minimum atomic E-state index is -0.179. The second-order valence-electron chi connectivity index (χ2n) is 6.84. The summed E-state index contributed by atoms with van der Waals surface area (Å²) in [5.74, 6) is 1.07. The topological polar surface area (TPSA) is 69.0 Å². The molecule has 7 heteroatoms. The minimum Gasteiger partial charge on any atom is -0.497 e. The molecule has 1 amide bonds. The first kappa shape index (κ1) is 18.3. The number of rotatable bonds is 5. The zero-order valence-electron chi connectivity index (χ0n) is 16.2. The van der Waals surface area contributed by atoms with Crippen molar-refractivity contribution < 1.29 is 9.53 Å². The lowest BCUT2D eigenvalue weighted by atomic mass is 10.1. The van der Waals surface area contributed by atoms with Gasteiger partial charge in [-0.1, -0.05) is 36.4 Å². The largest absolute Gasteiger partial charge is 0.497 e. The first-order chi connectivity index (χ1) is 14.7. The number of hydrogen-bond donors (Lipinski definition) is 1. The number of hydrogen-bond acceptors (Lipinski definition) is 5. The summed E-state index contributed by atoms with van der Waals surface area (Å²) < 4.78 is 7.18. The highest BCUT2D eigenvalue weighted by atomic mass is 32.1. The Morgan fingerprint density at radius 3 is 2.73 bits per heavy atom. The third kappa shape index (κ3) is 3.40. The molecule has 0 aliphatic heterocycles. The molecule has 0 bridgehead atoms. The Morgan fingerprint density at radius 1 is 1.10 bits per heavy atom. The molecule has 6 nitrogen and oxygen atoms in total. The summed E-state index contributed by atoms with van der Waals surface area (Å²) in [6.07, 6.45) is 0. The van der Waals surface area contributed by atoms with Crippen molar-refractivity contribution in [1.29, 1.82) is 0 Å². The van der Waals surface area contributed by atoms with E-state index in [0.717, 1.165) is 33.2 Å². The minimum absolute atomic E-state index is 0.179. The average molecular weight is 414 g/mol. The predicted molar refractivity (Wildman–Crippen MR) is 119 cm³/mol. The molecule has 3 heterocycles. The lowest BCUT2D eigenvalue weighted by molar-refractivity contribution is 0.103. The molecule has 0 atom stereocenters. The smallest absolute Gasteiger partial charge is 0.266 e. The zero-order chi connectivity index (χ0) is 20.5. The molecule has 0 fully saturated rings. The molecular weight excluding hydrogens is 396 g/mol. The lowest BCUT2D eigenvalue weighted by Crippen LogP contribution is -2.11. The van der Waals surface area contributed by atoms with Gasteiger partial charge in [-0.2, -0.15) is 5.10 Å². The van der Waals surface area contributed by atoms with Gasteiger partial charge in [0.25, 0.3) is 5.91 Å². The first-order valence-electron chi connectivity index (χ1n) is 9.45. The van der Waals surface area contributed by atoms with E-state index in [1.165, 1.54) is 11.3 Å². The van der Waals surface area contributed by atoms with Crippen molar-refractivity contribution in [2.75, 3.05) is 12.4 Å². The molecular formula is C23H18N4O2S. The standard InChI is InChI=1S/C23H18N4O2S/c1-29-17-9-10-19-16(12-17)13-18-21(25-23(28)20-8-5-11-30-20)26-27(22(18)24-19)14-15-6-3-2-4-7-15/h2-13H,14H2,1H3,(H,25,26,28). The van der Waals surface area contributed by atoms with Gasteiger partial charge in [0, 0.05) is 5.39 Å². The Balaban J connectivity index is 1.64. The van der Waals surface area contributed by atoms with Crippen LogP contribution < -0.4 is 10.1 Å². The Kier molecular flexibility index (Phi) is 4.65. The number of anilines is 1. The SMILES string of the molecule is COc1ccc2nc3c(cc2c1)c(NC(=O)c1cccs1)nn3Cc1ccccc1. The van der Waals surface area contributed by atoms with E-state index >= 15 is 0 Å². The van der Waals surface area contributed by atoms with E-state index in [1.54, 1.807) is 13.2 Å². The number of nitrogens with one attached hydrogen (secondary N) is 1. The fourth-order valence-electron chi connectivity index (χ4n) is 3.40.